The summed E-state index contributed by atoms with van der Waals surface area (Å²) in [6, 6.07) is 13.1. The van der Waals surface area contributed by atoms with Crippen molar-refractivity contribution in [3.8, 4) is 5.75 Å². The highest BCUT2D eigenvalue weighted by molar-refractivity contribution is 8.13. The van der Waals surface area contributed by atoms with E-state index in [9.17, 15) is 4.79 Å². The van der Waals surface area contributed by atoms with Crippen molar-refractivity contribution < 1.29 is 9.53 Å². The largest absolute Gasteiger partial charge is 0.485 e. The van der Waals surface area contributed by atoms with E-state index >= 15 is 0 Å². The van der Waals surface area contributed by atoms with E-state index in [4.69, 9.17) is 16.3 Å². The van der Waals surface area contributed by atoms with Gasteiger partial charge in [-0.2, -0.15) is 0 Å². The third kappa shape index (κ3) is 4.58. The van der Waals surface area contributed by atoms with Crippen molar-refractivity contribution in [3.05, 3.63) is 58.6 Å². The number of aryl methyl sites for hydroxylation is 2. The Bertz CT molecular complexity index is 588. The second-order valence-corrected chi connectivity index (χ2v) is 6.11. The molecule has 0 atom stereocenters. The fourth-order valence-corrected chi connectivity index (χ4v) is 2.60. The predicted octanol–water partition coefficient (Wildman–Crippen LogP) is 4.65. The van der Waals surface area contributed by atoms with Crippen molar-refractivity contribution in [2.24, 2.45) is 0 Å². The molecule has 104 valence electrons. The van der Waals surface area contributed by atoms with Crippen LogP contribution in [0.25, 0.3) is 0 Å². The molecule has 0 aliphatic rings. The first-order valence-electron chi connectivity index (χ1n) is 6.20. The van der Waals surface area contributed by atoms with Crippen LogP contribution < -0.4 is 4.74 Å². The van der Waals surface area contributed by atoms with Gasteiger partial charge >= 0.3 is 0 Å². The molecule has 2 rings (SSSR count). The zero-order valence-electron chi connectivity index (χ0n) is 11.4. The molecule has 0 N–H and O–H groups in total. The fraction of sp³-hybridized carbons (Fsp3) is 0.188. The molecule has 2 nitrogen and oxygen atoms in total. The molecule has 0 saturated heterocycles. The second kappa shape index (κ2) is 6.82. The van der Waals surface area contributed by atoms with Gasteiger partial charge < -0.3 is 4.74 Å². The van der Waals surface area contributed by atoms with E-state index < -0.39 is 0 Å². The lowest BCUT2D eigenvalue weighted by molar-refractivity contribution is -0.112. The molecule has 2 aromatic carbocycles. The Kier molecular flexibility index (Phi) is 5.10. The van der Waals surface area contributed by atoms with Crippen LogP contribution in [-0.2, 0) is 4.79 Å². The Morgan fingerprint density at radius 2 is 1.70 bits per heavy atom. The maximum atomic E-state index is 11.8. The number of rotatable bonds is 4. The first kappa shape index (κ1) is 14.9. The minimum Gasteiger partial charge on any atom is -0.485 e. The molecule has 0 unspecified atom stereocenters. The summed E-state index contributed by atoms with van der Waals surface area (Å²) in [6.45, 7) is 4.06. The summed E-state index contributed by atoms with van der Waals surface area (Å²) >= 11 is 6.96. The first-order chi connectivity index (χ1) is 9.52. The minimum atomic E-state index is -0.0357. The summed E-state index contributed by atoms with van der Waals surface area (Å²) in [5.41, 5.74) is 2.25. The van der Waals surface area contributed by atoms with Gasteiger partial charge in [-0.1, -0.05) is 17.7 Å². The molecule has 4 heteroatoms. The normalized spacial score (nSPS) is 10.3. The summed E-state index contributed by atoms with van der Waals surface area (Å²) in [7, 11) is 0. The Morgan fingerprint density at radius 1 is 1.10 bits per heavy atom. The van der Waals surface area contributed by atoms with Gasteiger partial charge in [0.25, 0.3) is 0 Å². The summed E-state index contributed by atoms with van der Waals surface area (Å²) in [4.78, 5) is 12.7. The second-order valence-electron chi connectivity index (χ2n) is 4.54. The van der Waals surface area contributed by atoms with Crippen molar-refractivity contribution in [3.63, 3.8) is 0 Å². The highest BCUT2D eigenvalue weighted by atomic mass is 35.5. The van der Waals surface area contributed by atoms with Crippen LogP contribution in [0.2, 0.25) is 5.02 Å². The molecule has 0 aliphatic carbocycles. The van der Waals surface area contributed by atoms with Gasteiger partial charge in [-0.25, -0.2) is 0 Å². The van der Waals surface area contributed by atoms with Crippen molar-refractivity contribution in [1.29, 1.82) is 0 Å². The third-order valence-corrected chi connectivity index (χ3v) is 3.70. The Balaban J connectivity index is 1.90. The SMILES string of the molecule is Cc1cc(C)cc(OCC(=O)Sc2ccc(Cl)cc2)c1. The highest BCUT2D eigenvalue weighted by Gasteiger charge is 2.06. The number of halogens is 1. The van der Waals surface area contributed by atoms with Crippen molar-refractivity contribution in [2.75, 3.05) is 6.61 Å². The van der Waals surface area contributed by atoms with Crippen molar-refractivity contribution in [1.82, 2.24) is 0 Å². The van der Waals surface area contributed by atoms with Crippen LogP contribution in [0, 0.1) is 13.8 Å². The molecule has 0 heterocycles. The Labute approximate surface area is 128 Å². The molecule has 2 aromatic rings. The van der Waals surface area contributed by atoms with E-state index in [-0.39, 0.29) is 11.7 Å². The quantitative estimate of drug-likeness (QED) is 0.769. The number of hydrogen-bond acceptors (Lipinski definition) is 3. The smallest absolute Gasteiger partial charge is 0.231 e. The van der Waals surface area contributed by atoms with Crippen LogP contribution in [0.3, 0.4) is 0 Å². The fourth-order valence-electron chi connectivity index (χ4n) is 1.82. The summed E-state index contributed by atoms with van der Waals surface area (Å²) in [5, 5.41) is 0.625. The minimum absolute atomic E-state index is 0.0357. The number of carbonyl (C=O) groups is 1. The Morgan fingerprint density at radius 3 is 2.30 bits per heavy atom. The van der Waals surface area contributed by atoms with E-state index in [1.165, 1.54) is 0 Å². The summed E-state index contributed by atoms with van der Waals surface area (Å²) in [5.74, 6) is 0.729. The van der Waals surface area contributed by atoms with Crippen LogP contribution in [0.4, 0.5) is 0 Å². The van der Waals surface area contributed by atoms with Gasteiger partial charge in [0.15, 0.2) is 6.61 Å². The van der Waals surface area contributed by atoms with Gasteiger partial charge in [-0.15, -0.1) is 0 Å². The molecule has 20 heavy (non-hydrogen) atoms. The number of carbonyl (C=O) groups excluding carboxylic acids is 1. The first-order valence-corrected chi connectivity index (χ1v) is 7.40. The molecule has 0 spiro atoms. The molecule has 0 bridgehead atoms. The van der Waals surface area contributed by atoms with Crippen molar-refractivity contribution >= 4 is 28.5 Å². The molecule has 0 amide bonds. The summed E-state index contributed by atoms with van der Waals surface area (Å²) < 4.78 is 5.53. The topological polar surface area (TPSA) is 26.3 Å². The molecular formula is C16H15ClO2S. The summed E-state index contributed by atoms with van der Waals surface area (Å²) in [6.07, 6.45) is 0. The van der Waals surface area contributed by atoms with Crippen LogP contribution in [-0.4, -0.2) is 11.7 Å². The van der Waals surface area contributed by atoms with Gasteiger partial charge in [0.05, 0.1) is 0 Å². The van der Waals surface area contributed by atoms with Crippen LogP contribution in [0.1, 0.15) is 11.1 Å². The predicted molar refractivity (Wildman–Crippen MR) is 83.7 cm³/mol. The van der Waals surface area contributed by atoms with E-state index in [0.29, 0.717) is 5.02 Å². The molecule has 0 saturated carbocycles. The molecule has 0 fully saturated rings. The van der Waals surface area contributed by atoms with E-state index in [0.717, 1.165) is 33.5 Å². The van der Waals surface area contributed by atoms with Gasteiger partial charge in [0, 0.05) is 9.92 Å². The maximum absolute atomic E-state index is 11.8. The van der Waals surface area contributed by atoms with Crippen molar-refractivity contribution in [2.45, 2.75) is 18.7 Å². The lowest BCUT2D eigenvalue weighted by Crippen LogP contribution is -2.07. The zero-order chi connectivity index (χ0) is 14.5. The van der Waals surface area contributed by atoms with Gasteiger partial charge in [0.2, 0.25) is 5.12 Å². The van der Waals surface area contributed by atoms with Gasteiger partial charge in [-0.3, -0.25) is 4.79 Å². The molecule has 0 aromatic heterocycles. The Hall–Kier alpha value is -1.45. The van der Waals surface area contributed by atoms with E-state index in [2.05, 4.69) is 6.07 Å². The standard InChI is InChI=1S/C16H15ClO2S/c1-11-7-12(2)9-14(8-11)19-10-16(18)20-15-5-3-13(17)4-6-15/h3-9H,10H2,1-2H3. The third-order valence-electron chi connectivity index (χ3n) is 2.60. The number of benzene rings is 2. The number of hydrogen-bond donors (Lipinski definition) is 0. The average molecular weight is 307 g/mol. The average Bonchev–Trinajstić information content (AvgIpc) is 2.38. The molecule has 0 aliphatic heterocycles. The molecular weight excluding hydrogens is 292 g/mol. The maximum Gasteiger partial charge on any atom is 0.231 e. The van der Waals surface area contributed by atoms with E-state index in [1.54, 1.807) is 12.1 Å². The zero-order valence-corrected chi connectivity index (χ0v) is 12.9. The highest BCUT2D eigenvalue weighted by Crippen LogP contribution is 2.22. The van der Waals surface area contributed by atoms with Gasteiger partial charge in [-0.05, 0) is 73.1 Å². The lowest BCUT2D eigenvalue weighted by Gasteiger charge is -2.07. The molecule has 0 radical (unpaired) electrons. The van der Waals surface area contributed by atoms with Crippen LogP contribution >= 0.6 is 23.4 Å². The number of ether oxygens (including phenoxy) is 1. The number of thioether (sulfide) groups is 1. The lowest BCUT2D eigenvalue weighted by atomic mass is 10.1. The van der Waals surface area contributed by atoms with Crippen LogP contribution in [0.15, 0.2) is 47.4 Å². The van der Waals surface area contributed by atoms with Crippen LogP contribution in [0.5, 0.6) is 5.75 Å². The monoisotopic (exact) mass is 306 g/mol. The van der Waals surface area contributed by atoms with Gasteiger partial charge in [0.1, 0.15) is 5.75 Å². The van der Waals surface area contributed by atoms with E-state index in [1.807, 2.05) is 38.1 Å².